The van der Waals surface area contributed by atoms with Gasteiger partial charge in [0.15, 0.2) is 6.61 Å². The highest BCUT2D eigenvalue weighted by atomic mass is 32.1. The first-order valence-corrected chi connectivity index (χ1v) is 10.2. The lowest BCUT2D eigenvalue weighted by atomic mass is 9.86. The number of amides is 1. The van der Waals surface area contributed by atoms with Crippen LogP contribution in [0.4, 0.5) is 5.00 Å². The smallest absolute Gasteiger partial charge is 0.262 e. The van der Waals surface area contributed by atoms with Crippen molar-refractivity contribution in [2.75, 3.05) is 11.9 Å². The van der Waals surface area contributed by atoms with Gasteiger partial charge in [0.25, 0.3) is 5.91 Å². The Hall–Kier alpha value is -2.32. The van der Waals surface area contributed by atoms with Gasteiger partial charge in [0.1, 0.15) is 16.8 Å². The highest BCUT2D eigenvalue weighted by molar-refractivity contribution is 7.16. The van der Waals surface area contributed by atoms with Gasteiger partial charge >= 0.3 is 0 Å². The number of ether oxygens (including phenoxy) is 1. The van der Waals surface area contributed by atoms with E-state index in [4.69, 9.17) is 4.74 Å². The molecule has 2 aromatic rings. The number of para-hydroxylation sites is 1. The maximum absolute atomic E-state index is 12.5. The van der Waals surface area contributed by atoms with E-state index in [9.17, 15) is 10.1 Å². The molecule has 0 aliphatic heterocycles. The van der Waals surface area contributed by atoms with Crippen LogP contribution < -0.4 is 10.1 Å². The summed E-state index contributed by atoms with van der Waals surface area (Å²) in [4.78, 5) is 13.7. The summed E-state index contributed by atoms with van der Waals surface area (Å²) in [7, 11) is 0. The number of carbonyl (C=O) groups is 1. The first-order chi connectivity index (χ1) is 12.8. The van der Waals surface area contributed by atoms with Crippen molar-refractivity contribution >= 4 is 22.2 Å². The molecule has 0 radical (unpaired) electrons. The van der Waals surface area contributed by atoms with Gasteiger partial charge in [-0.15, -0.1) is 11.3 Å². The number of carbonyl (C=O) groups excluding carboxylic acids is 1. The maximum Gasteiger partial charge on any atom is 0.262 e. The Morgan fingerprint density at radius 3 is 2.81 bits per heavy atom. The van der Waals surface area contributed by atoms with Crippen LogP contribution in [0.15, 0.2) is 24.3 Å². The fourth-order valence-electron chi connectivity index (χ4n) is 3.48. The van der Waals surface area contributed by atoms with Crippen LogP contribution in [0.25, 0.3) is 0 Å². The van der Waals surface area contributed by atoms with Gasteiger partial charge in [-0.3, -0.25) is 4.79 Å². The number of benzene rings is 1. The van der Waals surface area contributed by atoms with Gasteiger partial charge in [-0.05, 0) is 47.8 Å². The lowest BCUT2D eigenvalue weighted by Crippen LogP contribution is -2.22. The van der Waals surface area contributed by atoms with Gasteiger partial charge in [-0.25, -0.2) is 0 Å². The zero-order valence-electron chi connectivity index (χ0n) is 16.4. The number of hydrogen-bond acceptors (Lipinski definition) is 4. The maximum atomic E-state index is 12.5. The third-order valence-corrected chi connectivity index (χ3v) is 6.10. The van der Waals surface area contributed by atoms with Gasteiger partial charge in [0.2, 0.25) is 0 Å². The summed E-state index contributed by atoms with van der Waals surface area (Å²) in [6, 6.07) is 10.1. The van der Waals surface area contributed by atoms with Crippen LogP contribution in [-0.2, 0) is 23.1 Å². The first kappa shape index (κ1) is 19.4. The minimum absolute atomic E-state index is 0.0649. The Morgan fingerprint density at radius 1 is 1.37 bits per heavy atom. The number of nitrogens with zero attached hydrogens (tertiary/aromatic N) is 1. The van der Waals surface area contributed by atoms with E-state index in [2.05, 4.69) is 39.1 Å². The molecule has 0 saturated carbocycles. The van der Waals surface area contributed by atoms with Crippen LogP contribution in [-0.4, -0.2) is 12.5 Å². The molecule has 0 saturated heterocycles. The molecule has 3 rings (SSSR count). The number of nitriles is 1. The minimum atomic E-state index is -0.234. The lowest BCUT2D eigenvalue weighted by molar-refractivity contribution is -0.118. The zero-order valence-corrected chi connectivity index (χ0v) is 17.2. The Labute approximate surface area is 165 Å². The normalized spacial score (nSPS) is 16.3. The molecule has 1 aromatic heterocycles. The van der Waals surface area contributed by atoms with E-state index in [0.29, 0.717) is 16.5 Å². The van der Waals surface area contributed by atoms with E-state index in [1.54, 1.807) is 0 Å². The molecule has 27 heavy (non-hydrogen) atoms. The molecule has 1 N–H and O–H groups in total. The van der Waals surface area contributed by atoms with E-state index < -0.39 is 0 Å². The van der Waals surface area contributed by atoms with Crippen LogP contribution in [0.5, 0.6) is 5.75 Å². The molecule has 0 bridgehead atoms. The summed E-state index contributed by atoms with van der Waals surface area (Å²) >= 11 is 1.54. The number of thiophene rings is 1. The molecule has 1 aliphatic carbocycles. The number of anilines is 1. The zero-order chi connectivity index (χ0) is 19.6. The second-order valence-corrected chi connectivity index (χ2v) is 9.36. The predicted octanol–water partition coefficient (Wildman–Crippen LogP) is 5.06. The SMILES string of the molecule is C[C@@H]1CCc2c(sc(NC(=O)COc3ccccc3C(C)(C)C)c2C#N)C1. The molecule has 0 unspecified atom stereocenters. The molecule has 0 spiro atoms. The number of rotatable bonds is 4. The summed E-state index contributed by atoms with van der Waals surface area (Å²) in [5.41, 5.74) is 2.75. The highest BCUT2D eigenvalue weighted by Gasteiger charge is 2.25. The van der Waals surface area contributed by atoms with Crippen molar-refractivity contribution in [1.29, 1.82) is 5.26 Å². The fourth-order valence-corrected chi connectivity index (χ4v) is 4.85. The van der Waals surface area contributed by atoms with E-state index in [1.807, 2.05) is 24.3 Å². The average Bonchev–Trinajstić information content (AvgIpc) is 2.95. The Bertz CT molecular complexity index is 887. The molecule has 1 heterocycles. The van der Waals surface area contributed by atoms with Crippen molar-refractivity contribution in [3.05, 3.63) is 45.8 Å². The van der Waals surface area contributed by atoms with Crippen LogP contribution in [0, 0.1) is 17.2 Å². The molecular weight excluding hydrogens is 356 g/mol. The highest BCUT2D eigenvalue weighted by Crippen LogP contribution is 2.39. The average molecular weight is 383 g/mol. The molecule has 1 aliphatic rings. The quantitative estimate of drug-likeness (QED) is 0.804. The Morgan fingerprint density at radius 2 is 2.11 bits per heavy atom. The molecule has 4 nitrogen and oxygen atoms in total. The van der Waals surface area contributed by atoms with Crippen LogP contribution in [0.3, 0.4) is 0 Å². The van der Waals surface area contributed by atoms with Crippen LogP contribution >= 0.6 is 11.3 Å². The first-order valence-electron chi connectivity index (χ1n) is 9.36. The molecule has 5 heteroatoms. The second kappa shape index (κ2) is 7.74. The standard InChI is InChI=1S/C22H26N2O2S/c1-14-9-10-15-16(12-23)21(27-19(15)11-14)24-20(25)13-26-18-8-6-5-7-17(18)22(2,3)4/h5-8,14H,9-11,13H2,1-4H3,(H,24,25)/t14-/m1/s1. The molecule has 142 valence electrons. The van der Waals surface area contributed by atoms with Crippen molar-refractivity contribution in [3.63, 3.8) is 0 Å². The fraction of sp³-hybridized carbons (Fsp3) is 0.455. The number of fused-ring (bicyclic) bond motifs is 1. The monoisotopic (exact) mass is 382 g/mol. The molecule has 1 amide bonds. The minimum Gasteiger partial charge on any atom is -0.483 e. The van der Waals surface area contributed by atoms with E-state index in [1.165, 1.54) is 16.2 Å². The summed E-state index contributed by atoms with van der Waals surface area (Å²) < 4.78 is 5.80. The second-order valence-electron chi connectivity index (χ2n) is 8.25. The Balaban J connectivity index is 1.70. The summed E-state index contributed by atoms with van der Waals surface area (Å²) in [6.07, 6.45) is 3.00. The largest absolute Gasteiger partial charge is 0.483 e. The summed E-state index contributed by atoms with van der Waals surface area (Å²) in [5.74, 6) is 1.12. The molecule has 1 aromatic carbocycles. The van der Waals surface area contributed by atoms with E-state index in [0.717, 1.165) is 36.1 Å². The van der Waals surface area contributed by atoms with Crippen LogP contribution in [0.2, 0.25) is 0 Å². The van der Waals surface area contributed by atoms with Crippen molar-refractivity contribution in [3.8, 4) is 11.8 Å². The van der Waals surface area contributed by atoms with Crippen molar-refractivity contribution in [1.82, 2.24) is 0 Å². The number of nitrogens with one attached hydrogen (secondary N) is 1. The molecule has 0 fully saturated rings. The third kappa shape index (κ3) is 4.33. The topological polar surface area (TPSA) is 62.1 Å². The molecular formula is C22H26N2O2S. The lowest BCUT2D eigenvalue weighted by Gasteiger charge is -2.22. The summed E-state index contributed by atoms with van der Waals surface area (Å²) in [5, 5.41) is 13.1. The molecule has 1 atom stereocenters. The van der Waals surface area contributed by atoms with Crippen LogP contribution in [0.1, 0.15) is 55.7 Å². The third-order valence-electron chi connectivity index (χ3n) is 4.93. The van der Waals surface area contributed by atoms with Gasteiger partial charge in [-0.2, -0.15) is 5.26 Å². The predicted molar refractivity (Wildman–Crippen MR) is 109 cm³/mol. The summed E-state index contributed by atoms with van der Waals surface area (Å²) in [6.45, 7) is 8.51. The van der Waals surface area contributed by atoms with Gasteiger partial charge < -0.3 is 10.1 Å². The van der Waals surface area contributed by atoms with Crippen molar-refractivity contribution in [2.45, 2.75) is 52.4 Å². The van der Waals surface area contributed by atoms with Crippen molar-refractivity contribution in [2.24, 2.45) is 5.92 Å². The van der Waals surface area contributed by atoms with Gasteiger partial charge in [0.05, 0.1) is 5.56 Å². The van der Waals surface area contributed by atoms with Crippen molar-refractivity contribution < 1.29 is 9.53 Å². The Kier molecular flexibility index (Phi) is 5.57. The van der Waals surface area contributed by atoms with Gasteiger partial charge in [-0.1, -0.05) is 45.9 Å². The number of hydrogen-bond donors (Lipinski definition) is 1. The van der Waals surface area contributed by atoms with E-state index >= 15 is 0 Å². The van der Waals surface area contributed by atoms with Gasteiger partial charge in [0, 0.05) is 4.88 Å². The van der Waals surface area contributed by atoms with E-state index in [-0.39, 0.29) is 17.9 Å².